The number of nitrogens with zero attached hydrogens (tertiary/aromatic N) is 3. The minimum Gasteiger partial charge on any atom is -0.264 e. The zero-order valence-corrected chi connectivity index (χ0v) is 16.1. The van der Waals surface area contributed by atoms with Gasteiger partial charge in [-0.3, -0.25) is 4.98 Å². The summed E-state index contributed by atoms with van der Waals surface area (Å²) >= 11 is 2.86. The molecule has 130 valence electrons. The minimum absolute atomic E-state index is 0.0947. The second-order valence-corrected chi connectivity index (χ2v) is 10.3. The molecule has 0 saturated heterocycles. The summed E-state index contributed by atoms with van der Waals surface area (Å²) in [5, 5.41) is 2.94. The quantitative estimate of drug-likeness (QED) is 0.639. The maximum absolute atomic E-state index is 13.2. The fraction of sp³-hybridized carbons (Fsp3) is 0.294. The van der Waals surface area contributed by atoms with E-state index >= 15 is 0 Å². The molecule has 0 aromatic carbocycles. The Hall–Kier alpha value is -1.61. The molecular formula is C17H17N3O2S3. The van der Waals surface area contributed by atoms with Gasteiger partial charge in [-0.15, -0.1) is 22.7 Å². The lowest BCUT2D eigenvalue weighted by Gasteiger charge is -2.20. The van der Waals surface area contributed by atoms with Crippen molar-refractivity contribution in [2.45, 2.75) is 36.6 Å². The Morgan fingerprint density at radius 3 is 2.76 bits per heavy atom. The molecule has 0 bridgehead atoms. The van der Waals surface area contributed by atoms with Crippen LogP contribution in [0.3, 0.4) is 0 Å². The Balaban J connectivity index is 1.64. The first-order chi connectivity index (χ1) is 12.0. The molecule has 1 aliphatic rings. The second-order valence-electron chi connectivity index (χ2n) is 6.01. The van der Waals surface area contributed by atoms with E-state index < -0.39 is 10.0 Å². The third-order valence-corrected chi connectivity index (χ3v) is 8.28. The summed E-state index contributed by atoms with van der Waals surface area (Å²) in [7, 11) is -3.52. The number of hydrogen-bond donors (Lipinski definition) is 0. The van der Waals surface area contributed by atoms with Gasteiger partial charge in [0, 0.05) is 30.4 Å². The lowest BCUT2D eigenvalue weighted by Crippen LogP contribution is -2.32. The highest BCUT2D eigenvalue weighted by Gasteiger charge is 2.38. The van der Waals surface area contributed by atoms with Gasteiger partial charge in [0.15, 0.2) is 0 Å². The highest BCUT2D eigenvalue weighted by molar-refractivity contribution is 7.91. The molecule has 3 heterocycles. The van der Waals surface area contributed by atoms with Crippen molar-refractivity contribution in [3.63, 3.8) is 0 Å². The molecule has 0 radical (unpaired) electrons. The molecule has 3 aromatic heterocycles. The van der Waals surface area contributed by atoms with Crippen molar-refractivity contribution in [1.29, 1.82) is 0 Å². The van der Waals surface area contributed by atoms with E-state index in [1.54, 1.807) is 34.1 Å². The van der Waals surface area contributed by atoms with Crippen LogP contribution in [-0.4, -0.2) is 28.7 Å². The van der Waals surface area contributed by atoms with Gasteiger partial charge in [0.2, 0.25) is 0 Å². The van der Waals surface area contributed by atoms with E-state index in [0.29, 0.717) is 10.8 Å². The van der Waals surface area contributed by atoms with Gasteiger partial charge < -0.3 is 0 Å². The molecule has 25 heavy (non-hydrogen) atoms. The monoisotopic (exact) mass is 391 g/mol. The molecule has 0 amide bonds. The van der Waals surface area contributed by atoms with Crippen LogP contribution in [0.15, 0.2) is 46.2 Å². The van der Waals surface area contributed by atoms with Crippen LogP contribution in [0.4, 0.5) is 0 Å². The number of aromatic nitrogens is 2. The minimum atomic E-state index is -3.52. The van der Waals surface area contributed by atoms with E-state index in [1.165, 1.54) is 11.3 Å². The first-order valence-electron chi connectivity index (χ1n) is 7.97. The summed E-state index contributed by atoms with van der Waals surface area (Å²) in [5.41, 5.74) is 1.75. The first-order valence-corrected chi connectivity index (χ1v) is 11.1. The highest BCUT2D eigenvalue weighted by atomic mass is 32.2. The Morgan fingerprint density at radius 2 is 2.12 bits per heavy atom. The SMILES string of the molecule is Cc1nc(-c2ccc(S(=O)(=O)N(Cc3cccnc3)C3CC3)s2)cs1. The Morgan fingerprint density at radius 1 is 1.28 bits per heavy atom. The van der Waals surface area contributed by atoms with Crippen LogP contribution in [-0.2, 0) is 16.6 Å². The molecule has 1 aliphatic carbocycles. The van der Waals surface area contributed by atoms with Crippen molar-refractivity contribution in [3.8, 4) is 10.6 Å². The van der Waals surface area contributed by atoms with Gasteiger partial charge in [-0.05, 0) is 43.5 Å². The zero-order chi connectivity index (χ0) is 17.4. The number of pyridine rings is 1. The maximum Gasteiger partial charge on any atom is 0.253 e. The molecule has 0 unspecified atom stereocenters. The van der Waals surface area contributed by atoms with Crippen molar-refractivity contribution in [3.05, 3.63) is 52.6 Å². The number of thiophene rings is 1. The van der Waals surface area contributed by atoms with Crippen LogP contribution < -0.4 is 0 Å². The van der Waals surface area contributed by atoms with Gasteiger partial charge >= 0.3 is 0 Å². The Kier molecular flexibility index (Phi) is 4.45. The number of hydrogen-bond acceptors (Lipinski definition) is 6. The maximum atomic E-state index is 13.2. The number of sulfonamides is 1. The van der Waals surface area contributed by atoms with E-state index in [2.05, 4.69) is 9.97 Å². The average molecular weight is 392 g/mol. The smallest absolute Gasteiger partial charge is 0.253 e. The number of thiazole rings is 1. The van der Waals surface area contributed by atoms with E-state index in [0.717, 1.165) is 34.0 Å². The van der Waals surface area contributed by atoms with E-state index in [-0.39, 0.29) is 6.04 Å². The van der Waals surface area contributed by atoms with Crippen LogP contribution in [0.25, 0.3) is 10.6 Å². The molecule has 0 atom stereocenters. The van der Waals surface area contributed by atoms with Crippen molar-refractivity contribution in [2.75, 3.05) is 0 Å². The van der Waals surface area contributed by atoms with Crippen LogP contribution in [0.2, 0.25) is 0 Å². The summed E-state index contributed by atoms with van der Waals surface area (Å²) in [6, 6.07) is 7.39. The largest absolute Gasteiger partial charge is 0.264 e. The van der Waals surface area contributed by atoms with Crippen LogP contribution in [0.1, 0.15) is 23.4 Å². The molecule has 0 spiro atoms. The normalized spacial score (nSPS) is 15.0. The van der Waals surface area contributed by atoms with Gasteiger partial charge in [0.05, 0.1) is 15.6 Å². The van der Waals surface area contributed by atoms with Crippen LogP contribution in [0, 0.1) is 6.92 Å². The Labute approximate surface area is 155 Å². The average Bonchev–Trinajstić information content (AvgIpc) is 3.13. The van der Waals surface area contributed by atoms with Crippen molar-refractivity contribution in [1.82, 2.24) is 14.3 Å². The highest BCUT2D eigenvalue weighted by Crippen LogP contribution is 2.37. The second kappa shape index (κ2) is 6.60. The van der Waals surface area contributed by atoms with Crippen molar-refractivity contribution >= 4 is 32.7 Å². The molecular weight excluding hydrogens is 374 g/mol. The van der Waals surface area contributed by atoms with E-state index in [4.69, 9.17) is 0 Å². The molecule has 0 aliphatic heterocycles. The molecule has 3 aromatic rings. The standard InChI is InChI=1S/C17H17N3O2S3/c1-12-19-15(11-23-12)16-6-7-17(24-16)25(21,22)20(14-4-5-14)10-13-3-2-8-18-9-13/h2-3,6-9,11,14H,4-5,10H2,1H3. The number of aryl methyl sites for hydroxylation is 1. The third-order valence-electron chi connectivity index (χ3n) is 4.03. The lowest BCUT2D eigenvalue weighted by molar-refractivity contribution is 0.399. The zero-order valence-electron chi connectivity index (χ0n) is 13.6. The van der Waals surface area contributed by atoms with E-state index in [1.807, 2.05) is 30.5 Å². The van der Waals surface area contributed by atoms with Crippen LogP contribution >= 0.6 is 22.7 Å². The van der Waals surface area contributed by atoms with Crippen molar-refractivity contribution in [2.24, 2.45) is 0 Å². The molecule has 1 fully saturated rings. The van der Waals surface area contributed by atoms with Gasteiger partial charge in [0.25, 0.3) is 10.0 Å². The third kappa shape index (κ3) is 3.52. The molecule has 0 N–H and O–H groups in total. The fourth-order valence-electron chi connectivity index (χ4n) is 2.63. The van der Waals surface area contributed by atoms with Crippen molar-refractivity contribution < 1.29 is 8.42 Å². The predicted molar refractivity (Wildman–Crippen MR) is 100 cm³/mol. The topological polar surface area (TPSA) is 63.2 Å². The van der Waals surface area contributed by atoms with Gasteiger partial charge in [-0.25, -0.2) is 13.4 Å². The molecule has 5 nitrogen and oxygen atoms in total. The number of rotatable bonds is 6. The molecule has 4 rings (SSSR count). The lowest BCUT2D eigenvalue weighted by atomic mass is 10.3. The van der Waals surface area contributed by atoms with E-state index in [9.17, 15) is 8.42 Å². The predicted octanol–water partition coefficient (Wildman–Crippen LogP) is 3.93. The molecule has 1 saturated carbocycles. The first kappa shape index (κ1) is 16.8. The van der Waals surface area contributed by atoms with Gasteiger partial charge in [-0.2, -0.15) is 4.31 Å². The van der Waals surface area contributed by atoms with Crippen LogP contribution in [0.5, 0.6) is 0 Å². The summed E-state index contributed by atoms with van der Waals surface area (Å²) in [5.74, 6) is 0. The van der Waals surface area contributed by atoms with Gasteiger partial charge in [-0.1, -0.05) is 6.07 Å². The Bertz CT molecular complexity index is 976. The molecule has 8 heteroatoms. The summed E-state index contributed by atoms with van der Waals surface area (Å²) in [6.45, 7) is 2.31. The summed E-state index contributed by atoms with van der Waals surface area (Å²) < 4.78 is 28.3. The fourth-order valence-corrected chi connectivity index (χ4v) is 6.39. The summed E-state index contributed by atoms with van der Waals surface area (Å²) in [6.07, 6.45) is 5.26. The van der Waals surface area contributed by atoms with Gasteiger partial charge in [0.1, 0.15) is 4.21 Å². The summed E-state index contributed by atoms with van der Waals surface area (Å²) in [4.78, 5) is 9.43.